The monoisotopic (exact) mass is 243 g/mol. The first-order chi connectivity index (χ1) is 8.78. The molecule has 0 bridgehead atoms. The van der Waals surface area contributed by atoms with Gasteiger partial charge in [-0.05, 0) is 50.6 Å². The molecule has 2 rings (SSSR count). The van der Waals surface area contributed by atoms with Crippen LogP contribution in [0, 0.1) is 11.3 Å². The van der Waals surface area contributed by atoms with E-state index >= 15 is 0 Å². The predicted octanol–water partition coefficient (Wildman–Crippen LogP) is 2.13. The lowest BCUT2D eigenvalue weighted by atomic mass is 10.1. The van der Waals surface area contributed by atoms with Crippen molar-refractivity contribution in [3.05, 3.63) is 35.4 Å². The van der Waals surface area contributed by atoms with Crippen molar-refractivity contribution in [2.45, 2.75) is 32.4 Å². The number of hydrogen-bond acceptors (Lipinski definition) is 3. The first-order valence-corrected chi connectivity index (χ1v) is 6.73. The van der Waals surface area contributed by atoms with Gasteiger partial charge in [0.25, 0.3) is 0 Å². The number of benzene rings is 1. The average molecular weight is 243 g/mol. The molecule has 0 amide bonds. The van der Waals surface area contributed by atoms with Crippen LogP contribution in [0.15, 0.2) is 24.3 Å². The fourth-order valence-corrected chi connectivity index (χ4v) is 2.41. The van der Waals surface area contributed by atoms with Gasteiger partial charge < -0.3 is 10.2 Å². The highest BCUT2D eigenvalue weighted by molar-refractivity contribution is 5.31. The second-order valence-corrected chi connectivity index (χ2v) is 5.10. The van der Waals surface area contributed by atoms with Gasteiger partial charge in [0.15, 0.2) is 0 Å². The molecule has 1 fully saturated rings. The standard InChI is InChI=1S/C15H21N3/c1-13(12-18-8-2-3-9-18)17-11-15-6-4-14(10-16)5-7-15/h4-7,13,17H,2-3,8-9,11-12H2,1H3. The maximum absolute atomic E-state index is 8.73. The summed E-state index contributed by atoms with van der Waals surface area (Å²) in [5, 5.41) is 12.3. The van der Waals surface area contributed by atoms with Gasteiger partial charge >= 0.3 is 0 Å². The smallest absolute Gasteiger partial charge is 0.0991 e. The van der Waals surface area contributed by atoms with Gasteiger partial charge in [-0.15, -0.1) is 0 Å². The summed E-state index contributed by atoms with van der Waals surface area (Å²) in [6, 6.07) is 10.5. The van der Waals surface area contributed by atoms with Crippen molar-refractivity contribution in [2.75, 3.05) is 19.6 Å². The average Bonchev–Trinajstić information content (AvgIpc) is 2.90. The van der Waals surface area contributed by atoms with E-state index in [0.29, 0.717) is 6.04 Å². The summed E-state index contributed by atoms with van der Waals surface area (Å²) in [6.07, 6.45) is 2.70. The highest BCUT2D eigenvalue weighted by Gasteiger charge is 2.13. The van der Waals surface area contributed by atoms with E-state index in [4.69, 9.17) is 5.26 Å². The van der Waals surface area contributed by atoms with Gasteiger partial charge in [-0.3, -0.25) is 0 Å². The quantitative estimate of drug-likeness (QED) is 0.861. The fourth-order valence-electron chi connectivity index (χ4n) is 2.41. The molecule has 3 nitrogen and oxygen atoms in total. The zero-order valence-corrected chi connectivity index (χ0v) is 11.0. The topological polar surface area (TPSA) is 39.1 Å². The third-order valence-electron chi connectivity index (χ3n) is 3.47. The number of likely N-dealkylation sites (tertiary alicyclic amines) is 1. The van der Waals surface area contributed by atoms with Gasteiger partial charge in [0.05, 0.1) is 11.6 Å². The maximum atomic E-state index is 8.73. The fraction of sp³-hybridized carbons (Fsp3) is 0.533. The Morgan fingerprint density at radius 2 is 1.94 bits per heavy atom. The SMILES string of the molecule is CC(CN1CCCC1)NCc1ccc(C#N)cc1. The molecule has 1 heterocycles. The van der Waals surface area contributed by atoms with Crippen LogP contribution in [-0.2, 0) is 6.54 Å². The third kappa shape index (κ3) is 3.83. The van der Waals surface area contributed by atoms with Crippen LogP contribution in [0.5, 0.6) is 0 Å². The molecule has 1 aromatic carbocycles. The van der Waals surface area contributed by atoms with E-state index in [0.717, 1.165) is 18.7 Å². The summed E-state index contributed by atoms with van der Waals surface area (Å²) in [7, 11) is 0. The van der Waals surface area contributed by atoms with E-state index in [1.807, 2.05) is 24.3 Å². The van der Waals surface area contributed by atoms with Gasteiger partial charge in [0, 0.05) is 19.1 Å². The van der Waals surface area contributed by atoms with Crippen LogP contribution >= 0.6 is 0 Å². The van der Waals surface area contributed by atoms with Crippen LogP contribution in [0.2, 0.25) is 0 Å². The predicted molar refractivity (Wildman–Crippen MR) is 73.1 cm³/mol. The largest absolute Gasteiger partial charge is 0.309 e. The molecule has 18 heavy (non-hydrogen) atoms. The Morgan fingerprint density at radius 1 is 1.28 bits per heavy atom. The van der Waals surface area contributed by atoms with Gasteiger partial charge in [-0.1, -0.05) is 12.1 Å². The Hall–Kier alpha value is -1.37. The first-order valence-electron chi connectivity index (χ1n) is 6.73. The Kier molecular flexibility index (Phi) is 4.74. The van der Waals surface area contributed by atoms with Gasteiger partial charge in [-0.25, -0.2) is 0 Å². The molecule has 0 radical (unpaired) electrons. The van der Waals surface area contributed by atoms with E-state index in [2.05, 4.69) is 23.2 Å². The third-order valence-corrected chi connectivity index (χ3v) is 3.47. The van der Waals surface area contributed by atoms with Gasteiger partial charge in [0.1, 0.15) is 0 Å². The molecule has 1 N–H and O–H groups in total. The molecular weight excluding hydrogens is 222 g/mol. The van der Waals surface area contributed by atoms with Crippen molar-refractivity contribution < 1.29 is 0 Å². The van der Waals surface area contributed by atoms with Gasteiger partial charge in [-0.2, -0.15) is 5.26 Å². The van der Waals surface area contributed by atoms with Gasteiger partial charge in [0.2, 0.25) is 0 Å². The minimum Gasteiger partial charge on any atom is -0.309 e. The molecule has 96 valence electrons. The normalized spacial score (nSPS) is 17.6. The number of nitrogens with zero attached hydrogens (tertiary/aromatic N) is 2. The maximum Gasteiger partial charge on any atom is 0.0991 e. The van der Waals surface area contributed by atoms with Crippen LogP contribution in [0.1, 0.15) is 30.9 Å². The molecule has 1 aliphatic heterocycles. The summed E-state index contributed by atoms with van der Waals surface area (Å²) < 4.78 is 0. The van der Waals surface area contributed by atoms with E-state index in [1.165, 1.54) is 31.5 Å². The lowest BCUT2D eigenvalue weighted by Gasteiger charge is -2.21. The van der Waals surface area contributed by atoms with E-state index < -0.39 is 0 Å². The highest BCUT2D eigenvalue weighted by Crippen LogP contribution is 2.08. The van der Waals surface area contributed by atoms with Crippen LogP contribution in [0.4, 0.5) is 0 Å². The second-order valence-electron chi connectivity index (χ2n) is 5.10. The highest BCUT2D eigenvalue weighted by atomic mass is 15.2. The van der Waals surface area contributed by atoms with E-state index in [9.17, 15) is 0 Å². The Morgan fingerprint density at radius 3 is 2.56 bits per heavy atom. The van der Waals surface area contributed by atoms with Crippen molar-refractivity contribution in [3.63, 3.8) is 0 Å². The molecule has 1 aliphatic rings. The Balaban J connectivity index is 1.74. The molecule has 0 aromatic heterocycles. The molecule has 0 aliphatic carbocycles. The molecule has 1 saturated heterocycles. The molecule has 0 spiro atoms. The molecule has 1 unspecified atom stereocenters. The molecule has 1 aromatic rings. The molecule has 1 atom stereocenters. The van der Waals surface area contributed by atoms with Crippen LogP contribution in [-0.4, -0.2) is 30.6 Å². The summed E-state index contributed by atoms with van der Waals surface area (Å²) in [6.45, 7) is 6.75. The zero-order valence-electron chi connectivity index (χ0n) is 11.0. The zero-order chi connectivity index (χ0) is 12.8. The lowest BCUT2D eigenvalue weighted by molar-refractivity contribution is 0.298. The second kappa shape index (κ2) is 6.53. The summed E-state index contributed by atoms with van der Waals surface area (Å²) in [5.74, 6) is 0. The molecular formula is C15H21N3. The Bertz CT molecular complexity index is 399. The first kappa shape index (κ1) is 13.1. The van der Waals surface area contributed by atoms with Crippen molar-refractivity contribution in [1.29, 1.82) is 5.26 Å². The number of hydrogen-bond donors (Lipinski definition) is 1. The van der Waals surface area contributed by atoms with Crippen molar-refractivity contribution >= 4 is 0 Å². The minimum absolute atomic E-state index is 0.513. The summed E-state index contributed by atoms with van der Waals surface area (Å²) in [4.78, 5) is 2.52. The van der Waals surface area contributed by atoms with E-state index in [-0.39, 0.29) is 0 Å². The van der Waals surface area contributed by atoms with Crippen LogP contribution in [0.25, 0.3) is 0 Å². The number of rotatable bonds is 5. The van der Waals surface area contributed by atoms with Crippen molar-refractivity contribution in [2.24, 2.45) is 0 Å². The van der Waals surface area contributed by atoms with Crippen molar-refractivity contribution in [3.8, 4) is 6.07 Å². The molecule has 3 heteroatoms. The summed E-state index contributed by atoms with van der Waals surface area (Å²) in [5.41, 5.74) is 1.96. The van der Waals surface area contributed by atoms with E-state index in [1.54, 1.807) is 0 Å². The summed E-state index contributed by atoms with van der Waals surface area (Å²) >= 11 is 0. The van der Waals surface area contributed by atoms with Crippen LogP contribution in [0.3, 0.4) is 0 Å². The van der Waals surface area contributed by atoms with Crippen LogP contribution < -0.4 is 5.32 Å². The number of nitrogens with one attached hydrogen (secondary N) is 1. The van der Waals surface area contributed by atoms with Crippen molar-refractivity contribution in [1.82, 2.24) is 10.2 Å². The lowest BCUT2D eigenvalue weighted by Crippen LogP contribution is -2.37. The minimum atomic E-state index is 0.513. The Labute approximate surface area is 109 Å². The number of nitriles is 1. The molecule has 0 saturated carbocycles.